The molecule has 1 heterocycles. The van der Waals surface area contributed by atoms with Crippen molar-refractivity contribution in [3.05, 3.63) is 64.7 Å². The van der Waals surface area contributed by atoms with Gasteiger partial charge in [-0.25, -0.2) is 0 Å². The first-order valence-electron chi connectivity index (χ1n) is 11.0. The number of nitrogens with zero attached hydrogens (tertiary/aromatic N) is 1. The molecule has 176 valence electrons. The van der Waals surface area contributed by atoms with Crippen LogP contribution in [0.25, 0.3) is 5.76 Å². The standard InChI is InChI=1S/C26H31NO6/c1-6-17-7-9-18(10-8-17)23-22(25(29)26(30)27(23)13-14-33-16(2)3)24(28)19-11-12-20(31-4)21(15-19)32-5/h7-12,15-16,23,28H,6,13-14H2,1-5H3/b24-22-. The van der Waals surface area contributed by atoms with E-state index >= 15 is 0 Å². The fourth-order valence-electron chi connectivity index (χ4n) is 3.92. The van der Waals surface area contributed by atoms with Gasteiger partial charge in [-0.1, -0.05) is 31.2 Å². The molecule has 1 unspecified atom stereocenters. The minimum absolute atomic E-state index is 0.00382. The molecule has 0 spiro atoms. The number of carbonyl (C=O) groups is 2. The number of ether oxygens (including phenoxy) is 3. The van der Waals surface area contributed by atoms with Crippen molar-refractivity contribution in [3.8, 4) is 11.5 Å². The van der Waals surface area contributed by atoms with E-state index in [1.807, 2.05) is 38.1 Å². The Kier molecular flexibility index (Phi) is 7.76. The number of aliphatic hydroxyl groups excluding tert-OH is 1. The predicted octanol–water partition coefficient (Wildman–Crippen LogP) is 4.11. The largest absolute Gasteiger partial charge is 0.507 e. The molecule has 0 bridgehead atoms. The first-order valence-corrected chi connectivity index (χ1v) is 11.0. The average molecular weight is 454 g/mol. The van der Waals surface area contributed by atoms with Crippen LogP contribution in [-0.2, 0) is 20.7 Å². The van der Waals surface area contributed by atoms with E-state index in [9.17, 15) is 14.7 Å². The monoisotopic (exact) mass is 453 g/mol. The van der Waals surface area contributed by atoms with Gasteiger partial charge in [0.1, 0.15) is 5.76 Å². The van der Waals surface area contributed by atoms with Gasteiger partial charge in [-0.3, -0.25) is 9.59 Å². The van der Waals surface area contributed by atoms with Gasteiger partial charge >= 0.3 is 0 Å². The second-order valence-electron chi connectivity index (χ2n) is 8.08. The Morgan fingerprint density at radius 1 is 1.03 bits per heavy atom. The highest BCUT2D eigenvalue weighted by molar-refractivity contribution is 6.46. The summed E-state index contributed by atoms with van der Waals surface area (Å²) in [5.74, 6) is -0.742. The maximum atomic E-state index is 13.1. The van der Waals surface area contributed by atoms with E-state index in [1.54, 1.807) is 18.2 Å². The lowest BCUT2D eigenvalue weighted by Gasteiger charge is -2.26. The van der Waals surface area contributed by atoms with Gasteiger partial charge in [-0.05, 0) is 49.6 Å². The molecule has 3 rings (SSSR count). The Labute approximate surface area is 194 Å². The normalized spacial score (nSPS) is 17.6. The van der Waals surface area contributed by atoms with Crippen molar-refractivity contribution in [2.24, 2.45) is 0 Å². The second kappa shape index (κ2) is 10.5. The fourth-order valence-corrected chi connectivity index (χ4v) is 3.92. The summed E-state index contributed by atoms with van der Waals surface area (Å²) in [6.45, 7) is 6.38. The molecule has 2 aromatic carbocycles. The summed E-state index contributed by atoms with van der Waals surface area (Å²) in [7, 11) is 3.01. The van der Waals surface area contributed by atoms with Gasteiger partial charge in [-0.15, -0.1) is 0 Å². The van der Waals surface area contributed by atoms with E-state index < -0.39 is 17.7 Å². The molecule has 1 amide bonds. The molecule has 2 aromatic rings. The van der Waals surface area contributed by atoms with Crippen molar-refractivity contribution in [1.29, 1.82) is 0 Å². The smallest absolute Gasteiger partial charge is 0.295 e. The molecule has 0 radical (unpaired) electrons. The molecule has 7 nitrogen and oxygen atoms in total. The third kappa shape index (κ3) is 5.03. The Morgan fingerprint density at radius 2 is 1.70 bits per heavy atom. The van der Waals surface area contributed by atoms with Gasteiger partial charge in [0.15, 0.2) is 11.5 Å². The summed E-state index contributed by atoms with van der Waals surface area (Å²) in [5, 5.41) is 11.2. The lowest BCUT2D eigenvalue weighted by molar-refractivity contribution is -0.140. The zero-order valence-corrected chi connectivity index (χ0v) is 19.8. The van der Waals surface area contributed by atoms with Crippen molar-refractivity contribution in [2.75, 3.05) is 27.4 Å². The van der Waals surface area contributed by atoms with E-state index in [0.717, 1.165) is 17.5 Å². The third-order valence-electron chi connectivity index (χ3n) is 5.68. The number of Topliss-reactive ketones (excluding diaryl/α,β-unsaturated/α-hetero) is 1. The topological polar surface area (TPSA) is 85.3 Å². The number of benzene rings is 2. The zero-order valence-electron chi connectivity index (χ0n) is 19.8. The molecule has 1 atom stereocenters. The Balaban J connectivity index is 2.11. The maximum absolute atomic E-state index is 13.1. The van der Waals surface area contributed by atoms with E-state index in [-0.39, 0.29) is 30.6 Å². The SMILES string of the molecule is CCc1ccc(C2/C(=C(/O)c3ccc(OC)c(OC)c3)C(=O)C(=O)N2CCOC(C)C)cc1. The van der Waals surface area contributed by atoms with Crippen LogP contribution in [0.1, 0.15) is 43.5 Å². The van der Waals surface area contributed by atoms with Crippen LogP contribution >= 0.6 is 0 Å². The van der Waals surface area contributed by atoms with Crippen LogP contribution in [0, 0.1) is 0 Å². The predicted molar refractivity (Wildman–Crippen MR) is 125 cm³/mol. The van der Waals surface area contributed by atoms with Crippen molar-refractivity contribution < 1.29 is 28.9 Å². The van der Waals surface area contributed by atoms with Gasteiger partial charge in [0.05, 0.1) is 38.5 Å². The molecule has 33 heavy (non-hydrogen) atoms. The van der Waals surface area contributed by atoms with Crippen molar-refractivity contribution in [3.63, 3.8) is 0 Å². The molecular weight excluding hydrogens is 422 g/mol. The lowest BCUT2D eigenvalue weighted by Crippen LogP contribution is -2.33. The van der Waals surface area contributed by atoms with E-state index in [2.05, 4.69) is 6.92 Å². The van der Waals surface area contributed by atoms with Gasteiger partial charge < -0.3 is 24.2 Å². The molecule has 0 aromatic heterocycles. The number of aryl methyl sites for hydroxylation is 1. The summed E-state index contributed by atoms with van der Waals surface area (Å²) in [6.07, 6.45) is 0.866. The number of likely N-dealkylation sites (tertiary alicyclic amines) is 1. The van der Waals surface area contributed by atoms with Gasteiger partial charge in [0.2, 0.25) is 0 Å². The quantitative estimate of drug-likeness (QED) is 0.349. The Bertz CT molecular complexity index is 1040. The minimum atomic E-state index is -0.726. The molecule has 0 saturated carbocycles. The van der Waals surface area contributed by atoms with Crippen LogP contribution in [0.15, 0.2) is 48.0 Å². The van der Waals surface area contributed by atoms with E-state index in [4.69, 9.17) is 14.2 Å². The van der Waals surface area contributed by atoms with Crippen LogP contribution in [0.4, 0.5) is 0 Å². The summed E-state index contributed by atoms with van der Waals surface area (Å²) >= 11 is 0. The summed E-state index contributed by atoms with van der Waals surface area (Å²) in [6, 6.07) is 11.9. The number of hydrogen-bond acceptors (Lipinski definition) is 6. The number of hydrogen-bond donors (Lipinski definition) is 1. The number of ketones is 1. The lowest BCUT2D eigenvalue weighted by atomic mass is 9.94. The van der Waals surface area contributed by atoms with Gasteiger partial charge in [0.25, 0.3) is 11.7 Å². The van der Waals surface area contributed by atoms with Crippen LogP contribution < -0.4 is 9.47 Å². The van der Waals surface area contributed by atoms with Crippen LogP contribution in [0.5, 0.6) is 11.5 Å². The highest BCUT2D eigenvalue weighted by Gasteiger charge is 2.46. The highest BCUT2D eigenvalue weighted by Crippen LogP contribution is 2.40. The number of aliphatic hydroxyl groups is 1. The van der Waals surface area contributed by atoms with Crippen LogP contribution in [0.3, 0.4) is 0 Å². The van der Waals surface area contributed by atoms with Crippen LogP contribution in [-0.4, -0.2) is 55.2 Å². The van der Waals surface area contributed by atoms with Crippen molar-refractivity contribution >= 4 is 17.4 Å². The molecule has 1 aliphatic heterocycles. The fraction of sp³-hybridized carbons (Fsp3) is 0.385. The Hall–Kier alpha value is -3.32. The average Bonchev–Trinajstić information content (AvgIpc) is 3.08. The number of carbonyl (C=O) groups excluding carboxylic acids is 2. The highest BCUT2D eigenvalue weighted by atomic mass is 16.5. The Morgan fingerprint density at radius 3 is 2.27 bits per heavy atom. The number of amides is 1. The molecule has 1 aliphatic rings. The third-order valence-corrected chi connectivity index (χ3v) is 5.68. The van der Waals surface area contributed by atoms with E-state index in [0.29, 0.717) is 17.1 Å². The van der Waals surface area contributed by atoms with E-state index in [1.165, 1.54) is 19.1 Å². The van der Waals surface area contributed by atoms with Gasteiger partial charge in [-0.2, -0.15) is 0 Å². The summed E-state index contributed by atoms with van der Waals surface area (Å²) in [5.41, 5.74) is 2.29. The number of methoxy groups -OCH3 is 2. The maximum Gasteiger partial charge on any atom is 0.295 e. The van der Waals surface area contributed by atoms with Crippen molar-refractivity contribution in [2.45, 2.75) is 39.3 Å². The minimum Gasteiger partial charge on any atom is -0.507 e. The summed E-state index contributed by atoms with van der Waals surface area (Å²) < 4.78 is 16.2. The van der Waals surface area contributed by atoms with Crippen LogP contribution in [0.2, 0.25) is 0 Å². The molecule has 1 N–H and O–H groups in total. The van der Waals surface area contributed by atoms with Crippen molar-refractivity contribution in [1.82, 2.24) is 4.90 Å². The number of rotatable bonds is 9. The summed E-state index contributed by atoms with van der Waals surface area (Å²) in [4.78, 5) is 27.6. The molecule has 7 heteroatoms. The second-order valence-corrected chi connectivity index (χ2v) is 8.08. The zero-order chi connectivity index (χ0) is 24.1. The first kappa shape index (κ1) is 24.3. The van der Waals surface area contributed by atoms with Gasteiger partial charge in [0, 0.05) is 12.1 Å². The molecule has 1 saturated heterocycles. The molecule has 1 fully saturated rings. The molecule has 0 aliphatic carbocycles. The first-order chi connectivity index (χ1) is 15.8. The molecular formula is C26H31NO6.